The first-order valence-electron chi connectivity index (χ1n) is 8.18. The van der Waals surface area contributed by atoms with Crippen LogP contribution in [0.3, 0.4) is 0 Å². The molecule has 1 aromatic rings. The average Bonchev–Trinajstić information content (AvgIpc) is 2.88. The summed E-state index contributed by atoms with van der Waals surface area (Å²) < 4.78 is 5.73. The Labute approximate surface area is 123 Å². The molecule has 0 aliphatic heterocycles. The number of benzene rings is 1. The molecule has 0 saturated heterocycles. The van der Waals surface area contributed by atoms with Crippen molar-refractivity contribution in [3.8, 4) is 5.75 Å². The molecule has 1 fully saturated rings. The Hall–Kier alpha value is -1.02. The highest BCUT2D eigenvalue weighted by Crippen LogP contribution is 2.39. The fourth-order valence-corrected chi connectivity index (χ4v) is 3.25. The number of nitrogens with one attached hydrogen (secondary N) is 1. The van der Waals surface area contributed by atoms with Crippen LogP contribution in [-0.2, 0) is 0 Å². The summed E-state index contributed by atoms with van der Waals surface area (Å²) in [6.07, 6.45) is 5.54. The molecule has 1 aliphatic carbocycles. The third-order valence-electron chi connectivity index (χ3n) is 4.17. The molecule has 2 nitrogen and oxygen atoms in total. The number of ether oxygens (including phenoxy) is 1. The van der Waals surface area contributed by atoms with Gasteiger partial charge < -0.3 is 10.1 Å². The van der Waals surface area contributed by atoms with Gasteiger partial charge in [0.1, 0.15) is 5.75 Å². The van der Waals surface area contributed by atoms with Crippen molar-refractivity contribution in [3.63, 3.8) is 0 Å². The molecule has 0 bridgehead atoms. The maximum Gasteiger partial charge on any atom is 0.119 e. The predicted octanol–water partition coefficient (Wildman–Crippen LogP) is 4.36. The molecule has 1 aromatic carbocycles. The van der Waals surface area contributed by atoms with Crippen molar-refractivity contribution in [1.29, 1.82) is 0 Å². The Kier molecular flexibility index (Phi) is 5.90. The molecule has 112 valence electrons. The number of rotatable bonds is 7. The van der Waals surface area contributed by atoms with Gasteiger partial charge in [-0.15, -0.1) is 0 Å². The lowest BCUT2D eigenvalue weighted by Crippen LogP contribution is -2.25. The summed E-state index contributed by atoms with van der Waals surface area (Å²) in [4.78, 5) is 0. The van der Waals surface area contributed by atoms with E-state index in [0.717, 1.165) is 24.1 Å². The van der Waals surface area contributed by atoms with Gasteiger partial charge in [-0.25, -0.2) is 0 Å². The van der Waals surface area contributed by atoms with Gasteiger partial charge in [-0.2, -0.15) is 0 Å². The van der Waals surface area contributed by atoms with Crippen LogP contribution in [0.1, 0.15) is 57.9 Å². The largest absolute Gasteiger partial charge is 0.491 e. The lowest BCUT2D eigenvalue weighted by atomic mass is 9.89. The first-order valence-corrected chi connectivity index (χ1v) is 8.18. The molecule has 2 rings (SSSR count). The summed E-state index contributed by atoms with van der Waals surface area (Å²) in [6, 6.07) is 8.79. The van der Waals surface area contributed by atoms with E-state index < -0.39 is 0 Å². The molecule has 1 N–H and O–H groups in total. The second kappa shape index (κ2) is 7.68. The van der Waals surface area contributed by atoms with Gasteiger partial charge in [0.15, 0.2) is 0 Å². The molecule has 2 unspecified atom stereocenters. The lowest BCUT2D eigenvalue weighted by Gasteiger charge is -2.21. The molecule has 0 aromatic heterocycles. The van der Waals surface area contributed by atoms with E-state index >= 15 is 0 Å². The van der Waals surface area contributed by atoms with Crippen molar-refractivity contribution in [1.82, 2.24) is 5.32 Å². The first kappa shape index (κ1) is 15.4. The van der Waals surface area contributed by atoms with Crippen LogP contribution in [0.25, 0.3) is 0 Å². The van der Waals surface area contributed by atoms with Gasteiger partial charge in [-0.05, 0) is 75.7 Å². The van der Waals surface area contributed by atoms with Crippen LogP contribution in [0.15, 0.2) is 24.3 Å². The van der Waals surface area contributed by atoms with E-state index in [1.807, 2.05) is 0 Å². The molecule has 0 radical (unpaired) electrons. The van der Waals surface area contributed by atoms with E-state index in [9.17, 15) is 0 Å². The molecular weight excluding hydrogens is 246 g/mol. The number of hydrogen-bond donors (Lipinski definition) is 1. The summed E-state index contributed by atoms with van der Waals surface area (Å²) in [7, 11) is 0. The van der Waals surface area contributed by atoms with Crippen molar-refractivity contribution in [3.05, 3.63) is 29.8 Å². The highest BCUT2D eigenvalue weighted by Gasteiger charge is 2.28. The van der Waals surface area contributed by atoms with Crippen molar-refractivity contribution >= 4 is 0 Å². The number of hydrogen-bond acceptors (Lipinski definition) is 2. The van der Waals surface area contributed by atoms with Crippen LogP contribution in [0.2, 0.25) is 0 Å². The summed E-state index contributed by atoms with van der Waals surface area (Å²) in [6.45, 7) is 8.68. The van der Waals surface area contributed by atoms with E-state index in [1.54, 1.807) is 0 Å². The lowest BCUT2D eigenvalue weighted by molar-refractivity contribution is 0.242. The van der Waals surface area contributed by atoms with Crippen molar-refractivity contribution < 1.29 is 4.74 Å². The minimum absolute atomic E-state index is 0.248. The van der Waals surface area contributed by atoms with E-state index in [1.165, 1.54) is 37.8 Å². The van der Waals surface area contributed by atoms with Crippen molar-refractivity contribution in [2.75, 3.05) is 13.1 Å². The zero-order valence-corrected chi connectivity index (χ0v) is 13.2. The van der Waals surface area contributed by atoms with Gasteiger partial charge in [0, 0.05) is 0 Å². The Morgan fingerprint density at radius 3 is 2.60 bits per heavy atom. The Bertz CT molecular complexity index is 385. The minimum Gasteiger partial charge on any atom is -0.491 e. The monoisotopic (exact) mass is 275 g/mol. The standard InChI is InChI=1S/C18H29NO/c1-4-12-19-13-16-6-5-7-18(16)15-8-10-17(11-9-15)20-14(2)3/h8-11,14,16,18-19H,4-7,12-13H2,1-3H3. The van der Waals surface area contributed by atoms with Crippen LogP contribution in [-0.4, -0.2) is 19.2 Å². The molecule has 0 spiro atoms. The van der Waals surface area contributed by atoms with Crippen molar-refractivity contribution in [2.24, 2.45) is 5.92 Å². The van der Waals surface area contributed by atoms with E-state index in [-0.39, 0.29) is 6.10 Å². The minimum atomic E-state index is 0.248. The van der Waals surface area contributed by atoms with Gasteiger partial charge in [0.2, 0.25) is 0 Å². The van der Waals surface area contributed by atoms with Crippen LogP contribution >= 0.6 is 0 Å². The van der Waals surface area contributed by atoms with Crippen LogP contribution in [0.4, 0.5) is 0 Å². The zero-order valence-electron chi connectivity index (χ0n) is 13.2. The quantitative estimate of drug-likeness (QED) is 0.747. The van der Waals surface area contributed by atoms with Crippen LogP contribution < -0.4 is 10.1 Å². The van der Waals surface area contributed by atoms with E-state index in [0.29, 0.717) is 0 Å². The third kappa shape index (κ3) is 4.24. The fourth-order valence-electron chi connectivity index (χ4n) is 3.25. The van der Waals surface area contributed by atoms with Gasteiger partial charge in [-0.1, -0.05) is 25.5 Å². The first-order chi connectivity index (χ1) is 9.70. The highest BCUT2D eigenvalue weighted by atomic mass is 16.5. The highest BCUT2D eigenvalue weighted by molar-refractivity contribution is 5.30. The smallest absolute Gasteiger partial charge is 0.119 e. The maximum atomic E-state index is 5.73. The molecule has 0 amide bonds. The Morgan fingerprint density at radius 1 is 1.20 bits per heavy atom. The predicted molar refractivity (Wildman–Crippen MR) is 85.4 cm³/mol. The van der Waals surface area contributed by atoms with E-state index in [4.69, 9.17) is 4.74 Å². The van der Waals surface area contributed by atoms with Gasteiger partial charge in [0.05, 0.1) is 6.10 Å². The molecule has 0 heterocycles. The van der Waals surface area contributed by atoms with Crippen LogP contribution in [0.5, 0.6) is 5.75 Å². The molecule has 20 heavy (non-hydrogen) atoms. The van der Waals surface area contributed by atoms with Crippen molar-refractivity contribution in [2.45, 2.75) is 58.5 Å². The molecular formula is C18H29NO. The third-order valence-corrected chi connectivity index (χ3v) is 4.17. The molecule has 1 aliphatic rings. The topological polar surface area (TPSA) is 21.3 Å². The summed E-state index contributed by atoms with van der Waals surface area (Å²) in [5, 5.41) is 3.59. The second-order valence-electron chi connectivity index (χ2n) is 6.24. The average molecular weight is 275 g/mol. The zero-order chi connectivity index (χ0) is 14.4. The molecule has 1 saturated carbocycles. The summed E-state index contributed by atoms with van der Waals surface area (Å²) in [5.74, 6) is 2.52. The van der Waals surface area contributed by atoms with Gasteiger partial charge in [-0.3, -0.25) is 0 Å². The fraction of sp³-hybridized carbons (Fsp3) is 0.667. The Morgan fingerprint density at radius 2 is 1.95 bits per heavy atom. The summed E-state index contributed by atoms with van der Waals surface area (Å²) in [5.41, 5.74) is 1.49. The van der Waals surface area contributed by atoms with Crippen LogP contribution in [0, 0.1) is 5.92 Å². The molecule has 2 heteroatoms. The van der Waals surface area contributed by atoms with Gasteiger partial charge >= 0.3 is 0 Å². The maximum absolute atomic E-state index is 5.73. The Balaban J connectivity index is 1.95. The summed E-state index contributed by atoms with van der Waals surface area (Å²) >= 11 is 0. The normalized spacial score (nSPS) is 22.4. The SMILES string of the molecule is CCCNCC1CCCC1c1ccc(OC(C)C)cc1. The second-order valence-corrected chi connectivity index (χ2v) is 6.24. The van der Waals surface area contributed by atoms with Gasteiger partial charge in [0.25, 0.3) is 0 Å². The molecule has 2 atom stereocenters. The van der Waals surface area contributed by atoms with E-state index in [2.05, 4.69) is 50.4 Å².